The highest BCUT2D eigenvalue weighted by Gasteiger charge is 2.54. The molecule has 0 aromatic heterocycles. The number of benzene rings is 1. The number of nitrogens with zero attached hydrogens (tertiary/aromatic N) is 1. The Morgan fingerprint density at radius 2 is 2.10 bits per heavy atom. The molecule has 0 spiro atoms. The van der Waals surface area contributed by atoms with Crippen LogP contribution in [-0.2, 0) is 14.9 Å². The van der Waals surface area contributed by atoms with Crippen molar-refractivity contribution >= 4 is 5.91 Å². The maximum atomic E-state index is 13.0. The molecule has 2 N–H and O–H groups in total. The molecule has 1 saturated heterocycles. The standard InChI is InChI=1S/C16H22N2O2/c1-12-11-20-14(9-17)10-18(12)15(19)16(7-8-16)13-5-3-2-4-6-13/h2-6,12,14H,7-11,17H2,1H3. The summed E-state index contributed by atoms with van der Waals surface area (Å²) in [5.74, 6) is 0.248. The van der Waals surface area contributed by atoms with E-state index in [4.69, 9.17) is 10.5 Å². The molecule has 4 nitrogen and oxygen atoms in total. The average molecular weight is 274 g/mol. The van der Waals surface area contributed by atoms with Gasteiger partial charge in [0.15, 0.2) is 0 Å². The van der Waals surface area contributed by atoms with Crippen LogP contribution in [0.25, 0.3) is 0 Å². The third-order valence-corrected chi connectivity index (χ3v) is 4.52. The Labute approximate surface area is 119 Å². The van der Waals surface area contributed by atoms with Crippen molar-refractivity contribution in [3.05, 3.63) is 35.9 Å². The molecule has 1 aromatic carbocycles. The molecule has 1 aliphatic carbocycles. The van der Waals surface area contributed by atoms with Gasteiger partial charge in [-0.15, -0.1) is 0 Å². The van der Waals surface area contributed by atoms with Crippen LogP contribution in [0.2, 0.25) is 0 Å². The molecular formula is C16H22N2O2. The smallest absolute Gasteiger partial charge is 0.233 e. The zero-order valence-corrected chi connectivity index (χ0v) is 11.9. The van der Waals surface area contributed by atoms with Gasteiger partial charge in [0.25, 0.3) is 0 Å². The van der Waals surface area contributed by atoms with Crippen LogP contribution in [0.4, 0.5) is 0 Å². The second kappa shape index (κ2) is 5.19. The van der Waals surface area contributed by atoms with Gasteiger partial charge in [-0.05, 0) is 25.3 Å². The molecule has 1 aromatic rings. The van der Waals surface area contributed by atoms with E-state index in [1.165, 1.54) is 0 Å². The summed E-state index contributed by atoms with van der Waals surface area (Å²) in [6.45, 7) is 3.71. The third kappa shape index (κ3) is 2.23. The number of amides is 1. The Balaban J connectivity index is 1.81. The predicted molar refractivity (Wildman–Crippen MR) is 77.3 cm³/mol. The minimum atomic E-state index is -0.286. The first-order valence-corrected chi connectivity index (χ1v) is 7.35. The molecule has 108 valence electrons. The van der Waals surface area contributed by atoms with Gasteiger partial charge in [-0.25, -0.2) is 0 Å². The van der Waals surface area contributed by atoms with Gasteiger partial charge in [0, 0.05) is 13.1 Å². The SMILES string of the molecule is CC1COC(CN)CN1C(=O)C1(c2ccccc2)CC1. The summed E-state index contributed by atoms with van der Waals surface area (Å²) in [5, 5.41) is 0. The lowest BCUT2D eigenvalue weighted by Crippen LogP contribution is -2.55. The van der Waals surface area contributed by atoms with Crippen LogP contribution in [0.3, 0.4) is 0 Å². The minimum absolute atomic E-state index is 0.0262. The van der Waals surface area contributed by atoms with E-state index in [1.54, 1.807) is 0 Å². The first-order valence-electron chi connectivity index (χ1n) is 7.35. The quantitative estimate of drug-likeness (QED) is 0.903. The number of ether oxygens (including phenoxy) is 1. The van der Waals surface area contributed by atoms with Gasteiger partial charge in [-0.3, -0.25) is 4.79 Å². The van der Waals surface area contributed by atoms with Crippen LogP contribution in [0, 0.1) is 0 Å². The Bertz CT molecular complexity index is 485. The zero-order valence-electron chi connectivity index (χ0n) is 11.9. The normalized spacial score (nSPS) is 28.2. The molecule has 4 heteroatoms. The summed E-state index contributed by atoms with van der Waals surface area (Å²) >= 11 is 0. The number of morpholine rings is 1. The number of carbonyl (C=O) groups excluding carboxylic acids is 1. The fourth-order valence-electron chi connectivity index (χ4n) is 3.03. The molecule has 3 rings (SSSR count). The van der Waals surface area contributed by atoms with E-state index < -0.39 is 0 Å². The lowest BCUT2D eigenvalue weighted by molar-refractivity contribution is -0.146. The minimum Gasteiger partial charge on any atom is -0.373 e. The fraction of sp³-hybridized carbons (Fsp3) is 0.562. The second-order valence-corrected chi connectivity index (χ2v) is 5.95. The zero-order chi connectivity index (χ0) is 14.2. The molecule has 2 atom stereocenters. The van der Waals surface area contributed by atoms with Crippen molar-refractivity contribution in [1.29, 1.82) is 0 Å². The Morgan fingerprint density at radius 3 is 2.70 bits per heavy atom. The van der Waals surface area contributed by atoms with Gasteiger partial charge in [0.2, 0.25) is 5.91 Å². The maximum Gasteiger partial charge on any atom is 0.233 e. The molecular weight excluding hydrogens is 252 g/mol. The maximum absolute atomic E-state index is 13.0. The molecule has 20 heavy (non-hydrogen) atoms. The van der Waals surface area contributed by atoms with Gasteiger partial charge in [-0.2, -0.15) is 0 Å². The van der Waals surface area contributed by atoms with Crippen molar-refractivity contribution in [2.75, 3.05) is 19.7 Å². The lowest BCUT2D eigenvalue weighted by Gasteiger charge is -2.39. The highest BCUT2D eigenvalue weighted by molar-refractivity contribution is 5.91. The van der Waals surface area contributed by atoms with E-state index in [-0.39, 0.29) is 23.5 Å². The van der Waals surface area contributed by atoms with Gasteiger partial charge < -0.3 is 15.4 Å². The summed E-state index contributed by atoms with van der Waals surface area (Å²) in [7, 11) is 0. The summed E-state index contributed by atoms with van der Waals surface area (Å²) in [6, 6.07) is 10.3. The number of nitrogens with two attached hydrogens (primary N) is 1. The van der Waals surface area contributed by atoms with Crippen molar-refractivity contribution in [2.45, 2.75) is 37.3 Å². The molecule has 2 unspecified atom stereocenters. The predicted octanol–water partition coefficient (Wildman–Crippen LogP) is 1.29. The van der Waals surface area contributed by atoms with Crippen molar-refractivity contribution < 1.29 is 9.53 Å². The highest BCUT2D eigenvalue weighted by atomic mass is 16.5. The summed E-state index contributed by atoms with van der Waals surface area (Å²) in [5.41, 5.74) is 6.54. The summed E-state index contributed by atoms with van der Waals surface area (Å²) in [4.78, 5) is 15.0. The van der Waals surface area contributed by atoms with E-state index in [2.05, 4.69) is 12.1 Å². The van der Waals surface area contributed by atoms with Crippen molar-refractivity contribution in [1.82, 2.24) is 4.90 Å². The average Bonchev–Trinajstić information content (AvgIpc) is 3.30. The molecule has 0 radical (unpaired) electrons. The number of carbonyl (C=O) groups is 1. The number of rotatable bonds is 3. The lowest BCUT2D eigenvalue weighted by atomic mass is 9.93. The monoisotopic (exact) mass is 274 g/mol. The summed E-state index contributed by atoms with van der Waals surface area (Å²) in [6.07, 6.45) is 1.88. The van der Waals surface area contributed by atoms with Crippen molar-refractivity contribution in [3.8, 4) is 0 Å². The van der Waals surface area contributed by atoms with Crippen molar-refractivity contribution in [2.24, 2.45) is 5.73 Å². The van der Waals surface area contributed by atoms with Crippen LogP contribution >= 0.6 is 0 Å². The first-order chi connectivity index (χ1) is 9.67. The molecule has 1 heterocycles. The van der Waals surface area contributed by atoms with Gasteiger partial charge in [0.1, 0.15) is 0 Å². The van der Waals surface area contributed by atoms with Crippen LogP contribution in [-0.4, -0.2) is 42.6 Å². The fourth-order valence-corrected chi connectivity index (χ4v) is 3.03. The molecule has 1 saturated carbocycles. The second-order valence-electron chi connectivity index (χ2n) is 5.95. The van der Waals surface area contributed by atoms with Crippen molar-refractivity contribution in [3.63, 3.8) is 0 Å². The number of hydrogen-bond acceptors (Lipinski definition) is 3. The first kappa shape index (κ1) is 13.6. The van der Waals surface area contributed by atoms with E-state index in [9.17, 15) is 4.79 Å². The Hall–Kier alpha value is -1.39. The highest BCUT2D eigenvalue weighted by Crippen LogP contribution is 2.50. The van der Waals surface area contributed by atoms with Gasteiger partial charge in [0.05, 0.1) is 24.2 Å². The summed E-state index contributed by atoms with van der Waals surface area (Å²) < 4.78 is 5.64. The molecule has 2 aliphatic rings. The van der Waals surface area contributed by atoms with Crippen LogP contribution < -0.4 is 5.73 Å². The largest absolute Gasteiger partial charge is 0.373 e. The van der Waals surface area contributed by atoms with Crippen LogP contribution in [0.1, 0.15) is 25.3 Å². The van der Waals surface area contributed by atoms with E-state index in [0.717, 1.165) is 18.4 Å². The van der Waals surface area contributed by atoms with Gasteiger partial charge in [-0.1, -0.05) is 30.3 Å². The Kier molecular flexibility index (Phi) is 3.52. The Morgan fingerprint density at radius 1 is 1.40 bits per heavy atom. The van der Waals surface area contributed by atoms with Gasteiger partial charge >= 0.3 is 0 Å². The number of hydrogen-bond donors (Lipinski definition) is 1. The molecule has 1 amide bonds. The van der Waals surface area contributed by atoms with E-state index in [1.807, 2.05) is 30.0 Å². The topological polar surface area (TPSA) is 55.6 Å². The molecule has 0 bridgehead atoms. The van der Waals surface area contributed by atoms with Crippen LogP contribution in [0.5, 0.6) is 0 Å². The van der Waals surface area contributed by atoms with Crippen LogP contribution in [0.15, 0.2) is 30.3 Å². The molecule has 1 aliphatic heterocycles. The van der Waals surface area contributed by atoms with E-state index >= 15 is 0 Å². The van der Waals surface area contributed by atoms with E-state index in [0.29, 0.717) is 19.7 Å². The molecule has 2 fully saturated rings. The third-order valence-electron chi connectivity index (χ3n) is 4.52.